The van der Waals surface area contributed by atoms with Gasteiger partial charge in [0.2, 0.25) is 17.7 Å². The highest BCUT2D eigenvalue weighted by Gasteiger charge is 2.26. The molecule has 1 aromatic rings. The predicted molar refractivity (Wildman–Crippen MR) is 155 cm³/mol. The number of amides is 5. The highest BCUT2D eigenvalue weighted by atomic mass is 16.6. The van der Waals surface area contributed by atoms with Crippen LogP contribution in [0.2, 0.25) is 0 Å². The van der Waals surface area contributed by atoms with Gasteiger partial charge in [0.05, 0.1) is 6.61 Å². The van der Waals surface area contributed by atoms with E-state index in [-0.39, 0.29) is 43.9 Å². The molecular weight excluding hydrogens is 532 g/mol. The number of nitrogens with two attached hydrogens (primary N) is 1. The quantitative estimate of drug-likeness (QED) is 0.151. The van der Waals surface area contributed by atoms with Crippen LogP contribution in [0.25, 0.3) is 0 Å². The summed E-state index contributed by atoms with van der Waals surface area (Å²) in [5, 5.41) is 13.2. The molecule has 0 radical (unpaired) electrons. The fourth-order valence-electron chi connectivity index (χ4n) is 3.34. The summed E-state index contributed by atoms with van der Waals surface area (Å²) in [6, 6.07) is 5.05. The normalized spacial score (nSPS) is 12.2. The van der Waals surface area contributed by atoms with Gasteiger partial charge < -0.3 is 41.8 Å². The average Bonchev–Trinajstić information content (AvgIpc) is 2.92. The molecule has 0 bridgehead atoms. The zero-order valence-corrected chi connectivity index (χ0v) is 24.7. The molecule has 0 unspecified atom stereocenters. The van der Waals surface area contributed by atoms with Gasteiger partial charge in [-0.3, -0.25) is 14.4 Å². The van der Waals surface area contributed by atoms with Crippen molar-refractivity contribution in [3.05, 3.63) is 29.8 Å². The molecular formula is C28H46N6O7. The third-order valence-electron chi connectivity index (χ3n) is 5.68. The molecule has 7 N–H and O–H groups in total. The van der Waals surface area contributed by atoms with Crippen LogP contribution in [0, 0.1) is 11.8 Å². The van der Waals surface area contributed by atoms with Crippen molar-refractivity contribution in [2.24, 2.45) is 17.6 Å². The Bertz CT molecular complexity index is 985. The van der Waals surface area contributed by atoms with Crippen LogP contribution in [0.5, 0.6) is 0 Å². The number of rotatable bonds is 17. The summed E-state index contributed by atoms with van der Waals surface area (Å²) in [4.78, 5) is 60.9. The first-order chi connectivity index (χ1) is 19.4. The lowest BCUT2D eigenvalue weighted by Gasteiger charge is -2.24. The van der Waals surface area contributed by atoms with Crippen molar-refractivity contribution in [3.63, 3.8) is 0 Å². The maximum Gasteiger partial charge on any atom is 0.407 e. The van der Waals surface area contributed by atoms with E-state index < -0.39 is 36.1 Å². The molecule has 0 aliphatic rings. The number of hydrogen-bond acceptors (Lipinski definition) is 8. The second-order valence-corrected chi connectivity index (χ2v) is 10.4. The Morgan fingerprint density at radius 2 is 1.41 bits per heavy atom. The van der Waals surface area contributed by atoms with E-state index in [9.17, 15) is 24.0 Å². The smallest absolute Gasteiger partial charge is 0.407 e. The van der Waals surface area contributed by atoms with Gasteiger partial charge in [-0.25, -0.2) is 9.59 Å². The molecule has 0 aromatic heterocycles. The number of benzene rings is 1. The summed E-state index contributed by atoms with van der Waals surface area (Å²) in [7, 11) is 0. The van der Waals surface area contributed by atoms with Crippen molar-refractivity contribution in [3.8, 4) is 0 Å². The van der Waals surface area contributed by atoms with E-state index in [1.807, 2.05) is 27.7 Å². The summed E-state index contributed by atoms with van der Waals surface area (Å²) in [5.74, 6) is -1.04. The van der Waals surface area contributed by atoms with E-state index in [4.69, 9.17) is 15.2 Å². The van der Waals surface area contributed by atoms with E-state index in [0.29, 0.717) is 30.8 Å². The van der Waals surface area contributed by atoms with Gasteiger partial charge in [0.1, 0.15) is 18.7 Å². The van der Waals surface area contributed by atoms with Gasteiger partial charge in [-0.2, -0.15) is 0 Å². The van der Waals surface area contributed by atoms with Gasteiger partial charge in [0.25, 0.3) is 0 Å². The summed E-state index contributed by atoms with van der Waals surface area (Å²) >= 11 is 0. The Hall–Kier alpha value is -3.87. The van der Waals surface area contributed by atoms with Crippen molar-refractivity contribution >= 4 is 35.6 Å². The van der Waals surface area contributed by atoms with Crippen LogP contribution < -0.4 is 32.3 Å². The fourth-order valence-corrected chi connectivity index (χ4v) is 3.34. The van der Waals surface area contributed by atoms with E-state index >= 15 is 0 Å². The summed E-state index contributed by atoms with van der Waals surface area (Å²) in [6.07, 6.45) is 0.459. The molecule has 0 saturated heterocycles. The van der Waals surface area contributed by atoms with Crippen LogP contribution in [0.15, 0.2) is 24.3 Å². The number of nitrogens with one attached hydrogen (secondary N) is 5. The zero-order valence-electron chi connectivity index (χ0n) is 24.7. The van der Waals surface area contributed by atoms with Crippen LogP contribution in [-0.2, 0) is 30.5 Å². The predicted octanol–water partition coefficient (Wildman–Crippen LogP) is 2.01. The number of ether oxygens (including phenoxy) is 2. The van der Waals surface area contributed by atoms with E-state index in [2.05, 4.69) is 26.6 Å². The molecule has 0 saturated carbocycles. The first-order valence-corrected chi connectivity index (χ1v) is 13.9. The van der Waals surface area contributed by atoms with Crippen LogP contribution >= 0.6 is 0 Å². The van der Waals surface area contributed by atoms with Crippen LogP contribution in [0.3, 0.4) is 0 Å². The molecule has 0 spiro atoms. The second-order valence-electron chi connectivity index (χ2n) is 10.4. The Balaban J connectivity index is 2.43. The molecule has 0 heterocycles. The van der Waals surface area contributed by atoms with Gasteiger partial charge >= 0.3 is 12.2 Å². The third kappa shape index (κ3) is 15.5. The number of unbranched alkanes of at least 4 members (excludes halogenated alkanes) is 1. The minimum atomic E-state index is -0.851. The second kappa shape index (κ2) is 19.2. The molecule has 41 heavy (non-hydrogen) atoms. The topological polar surface area (TPSA) is 190 Å². The van der Waals surface area contributed by atoms with Gasteiger partial charge in [-0.15, -0.1) is 0 Å². The van der Waals surface area contributed by atoms with E-state index in [1.165, 1.54) is 0 Å². The van der Waals surface area contributed by atoms with Crippen molar-refractivity contribution in [2.45, 2.75) is 72.6 Å². The lowest BCUT2D eigenvalue weighted by molar-refractivity contribution is -0.131. The number of anilines is 1. The zero-order chi connectivity index (χ0) is 30.8. The van der Waals surface area contributed by atoms with Gasteiger partial charge in [0, 0.05) is 25.2 Å². The molecule has 2 atom stereocenters. The highest BCUT2D eigenvalue weighted by molar-refractivity contribution is 5.98. The lowest BCUT2D eigenvalue weighted by Crippen LogP contribution is -2.53. The first-order valence-electron chi connectivity index (χ1n) is 13.9. The lowest BCUT2D eigenvalue weighted by atomic mass is 10.0. The van der Waals surface area contributed by atoms with E-state index in [0.717, 1.165) is 6.42 Å². The molecule has 13 nitrogen and oxygen atoms in total. The maximum atomic E-state index is 12.8. The summed E-state index contributed by atoms with van der Waals surface area (Å²) < 4.78 is 10.1. The molecule has 0 aliphatic carbocycles. The summed E-state index contributed by atoms with van der Waals surface area (Å²) in [5.41, 5.74) is 6.64. The molecule has 1 rings (SSSR count). The van der Waals surface area contributed by atoms with Crippen LogP contribution in [0.4, 0.5) is 15.3 Å². The van der Waals surface area contributed by atoms with Gasteiger partial charge in [-0.1, -0.05) is 39.8 Å². The molecule has 0 aliphatic heterocycles. The molecule has 13 heteroatoms. The number of hydrogen-bond donors (Lipinski definition) is 6. The van der Waals surface area contributed by atoms with Crippen LogP contribution in [-0.4, -0.2) is 68.2 Å². The molecule has 0 fully saturated rings. The Morgan fingerprint density at radius 3 is 1.98 bits per heavy atom. The average molecular weight is 579 g/mol. The van der Waals surface area contributed by atoms with E-state index in [1.54, 1.807) is 31.2 Å². The third-order valence-corrected chi connectivity index (χ3v) is 5.68. The van der Waals surface area contributed by atoms with Crippen molar-refractivity contribution in [1.82, 2.24) is 21.3 Å². The number of carbonyl (C=O) groups is 5. The van der Waals surface area contributed by atoms with Gasteiger partial charge in [-0.05, 0) is 55.8 Å². The fraction of sp³-hybridized carbons (Fsp3) is 0.607. The van der Waals surface area contributed by atoms with Crippen molar-refractivity contribution < 1.29 is 33.4 Å². The minimum absolute atomic E-state index is 0.00487. The highest BCUT2D eigenvalue weighted by Crippen LogP contribution is 2.11. The standard InChI is InChI=1S/C28H46N6O7/c1-18(2)16-40-27(38)30-14-15-31-28(39)41-17-21-9-11-22(12-10-21)33-25(36)20(5)32-26(37)24(19(3)4)34-23(35)8-6-7-13-29/h9-12,18-20,24H,6-8,13-17,29H2,1-5H3,(H,30,38)(H,31,39)(H,32,37)(H,33,36)(H,34,35)/t20-,24-/m0/s1. The minimum Gasteiger partial charge on any atom is -0.449 e. The monoisotopic (exact) mass is 578 g/mol. The van der Waals surface area contributed by atoms with Gasteiger partial charge in [0.15, 0.2) is 0 Å². The molecule has 5 amide bonds. The summed E-state index contributed by atoms with van der Waals surface area (Å²) in [6.45, 7) is 10.2. The Labute approximate surface area is 242 Å². The maximum absolute atomic E-state index is 12.8. The number of alkyl carbamates (subject to hydrolysis) is 2. The van der Waals surface area contributed by atoms with Crippen LogP contribution in [0.1, 0.15) is 59.4 Å². The Kier molecular flexibility index (Phi) is 16.5. The first kappa shape index (κ1) is 35.2. The number of carbonyl (C=O) groups excluding carboxylic acids is 5. The van der Waals surface area contributed by atoms with Crippen molar-refractivity contribution in [2.75, 3.05) is 31.6 Å². The van der Waals surface area contributed by atoms with Crippen molar-refractivity contribution in [1.29, 1.82) is 0 Å². The molecule has 1 aromatic carbocycles. The SMILES string of the molecule is CC(C)COC(=O)NCCNC(=O)OCc1ccc(NC(=O)[C@H](C)NC(=O)[C@@H](NC(=O)CCCCN)C(C)C)cc1. The Morgan fingerprint density at radius 1 is 0.805 bits per heavy atom. The molecule has 230 valence electrons. The largest absolute Gasteiger partial charge is 0.449 e.